The van der Waals surface area contributed by atoms with Gasteiger partial charge in [-0.15, -0.1) is 0 Å². The van der Waals surface area contributed by atoms with Gasteiger partial charge in [0.1, 0.15) is 6.04 Å². The lowest BCUT2D eigenvalue weighted by atomic mass is 10.1. The number of amides is 2. The van der Waals surface area contributed by atoms with Crippen LogP contribution >= 0.6 is 0 Å². The van der Waals surface area contributed by atoms with Crippen LogP contribution < -0.4 is 10.6 Å². The number of carbonyl (C=O) groups excluding carboxylic acids is 1. The molecule has 1 unspecified atom stereocenters. The molecule has 1 aliphatic rings. The van der Waals surface area contributed by atoms with Crippen molar-refractivity contribution in [2.24, 2.45) is 5.92 Å². The zero-order chi connectivity index (χ0) is 10.7. The van der Waals surface area contributed by atoms with Gasteiger partial charge in [-0.2, -0.15) is 0 Å². The van der Waals surface area contributed by atoms with Gasteiger partial charge in [0, 0.05) is 6.04 Å². The molecule has 14 heavy (non-hydrogen) atoms. The Morgan fingerprint density at radius 1 is 1.36 bits per heavy atom. The van der Waals surface area contributed by atoms with Crippen LogP contribution in [-0.4, -0.2) is 29.2 Å². The van der Waals surface area contributed by atoms with Crippen molar-refractivity contribution in [1.29, 1.82) is 0 Å². The molecule has 0 bridgehead atoms. The molecule has 0 saturated heterocycles. The van der Waals surface area contributed by atoms with Crippen LogP contribution in [0.3, 0.4) is 0 Å². The summed E-state index contributed by atoms with van der Waals surface area (Å²) in [6, 6.07) is -0.945. The minimum absolute atomic E-state index is 0.113. The largest absolute Gasteiger partial charge is 0.480 e. The van der Waals surface area contributed by atoms with E-state index in [0.29, 0.717) is 0 Å². The molecular weight excluding hydrogens is 184 g/mol. The van der Waals surface area contributed by atoms with Gasteiger partial charge >= 0.3 is 12.0 Å². The topological polar surface area (TPSA) is 78.4 Å². The third-order valence-electron chi connectivity index (χ3n) is 2.13. The van der Waals surface area contributed by atoms with E-state index < -0.39 is 12.0 Å². The maximum atomic E-state index is 11.2. The number of nitrogens with one attached hydrogen (secondary N) is 2. The van der Waals surface area contributed by atoms with Crippen LogP contribution in [-0.2, 0) is 4.79 Å². The van der Waals surface area contributed by atoms with E-state index in [1.54, 1.807) is 13.8 Å². The highest BCUT2D eigenvalue weighted by Gasteiger charge is 2.27. The molecule has 1 aliphatic carbocycles. The maximum Gasteiger partial charge on any atom is 0.326 e. The normalized spacial score (nSPS) is 17.6. The minimum Gasteiger partial charge on any atom is -0.480 e. The van der Waals surface area contributed by atoms with E-state index in [4.69, 9.17) is 5.11 Å². The van der Waals surface area contributed by atoms with Crippen LogP contribution in [0.5, 0.6) is 0 Å². The number of rotatable bonds is 4. The SMILES string of the molecule is CC(C)C(NC(=O)NC1CC1)C(=O)O. The quantitative estimate of drug-likeness (QED) is 0.620. The molecule has 1 rings (SSSR count). The van der Waals surface area contributed by atoms with Gasteiger partial charge in [0.15, 0.2) is 0 Å². The molecule has 0 heterocycles. The van der Waals surface area contributed by atoms with Crippen molar-refractivity contribution in [3.05, 3.63) is 0 Å². The number of aliphatic carboxylic acids is 1. The Labute approximate surface area is 82.9 Å². The smallest absolute Gasteiger partial charge is 0.326 e. The summed E-state index contributed by atoms with van der Waals surface area (Å²) in [5.74, 6) is -1.11. The molecule has 5 heteroatoms. The second-order valence-electron chi connectivity index (χ2n) is 3.95. The lowest BCUT2D eigenvalue weighted by Crippen LogP contribution is -2.49. The van der Waals surface area contributed by atoms with Crippen molar-refractivity contribution >= 4 is 12.0 Å². The summed E-state index contributed by atoms with van der Waals surface area (Å²) in [4.78, 5) is 22.0. The van der Waals surface area contributed by atoms with Gasteiger partial charge in [0.25, 0.3) is 0 Å². The fourth-order valence-electron chi connectivity index (χ4n) is 1.11. The Bertz CT molecular complexity index is 236. The van der Waals surface area contributed by atoms with Crippen LogP contribution in [0, 0.1) is 5.92 Å². The number of carboxylic acid groups (broad SMARTS) is 1. The van der Waals surface area contributed by atoms with Crippen molar-refractivity contribution in [2.75, 3.05) is 0 Å². The summed E-state index contributed by atoms with van der Waals surface area (Å²) in [5, 5.41) is 13.9. The molecule has 0 aromatic rings. The third kappa shape index (κ3) is 3.24. The van der Waals surface area contributed by atoms with Crippen molar-refractivity contribution < 1.29 is 14.7 Å². The van der Waals surface area contributed by atoms with Crippen molar-refractivity contribution in [1.82, 2.24) is 10.6 Å². The molecule has 2 amide bonds. The predicted octanol–water partition coefficient (Wildman–Crippen LogP) is 0.557. The molecule has 1 saturated carbocycles. The number of carbonyl (C=O) groups is 2. The van der Waals surface area contributed by atoms with E-state index in [0.717, 1.165) is 12.8 Å². The summed E-state index contributed by atoms with van der Waals surface area (Å²) >= 11 is 0. The fraction of sp³-hybridized carbons (Fsp3) is 0.778. The molecule has 0 radical (unpaired) electrons. The molecule has 5 nitrogen and oxygen atoms in total. The van der Waals surface area contributed by atoms with E-state index in [9.17, 15) is 9.59 Å². The molecule has 1 atom stereocenters. The van der Waals surface area contributed by atoms with Gasteiger partial charge in [-0.05, 0) is 18.8 Å². The molecule has 1 fully saturated rings. The number of hydrogen-bond donors (Lipinski definition) is 3. The first-order valence-electron chi connectivity index (χ1n) is 4.80. The predicted molar refractivity (Wildman–Crippen MR) is 51.0 cm³/mol. The average molecular weight is 200 g/mol. The Kier molecular flexibility index (Phi) is 3.33. The Balaban J connectivity index is 2.37. The molecule has 80 valence electrons. The van der Waals surface area contributed by atoms with Crippen LogP contribution in [0.25, 0.3) is 0 Å². The maximum absolute atomic E-state index is 11.2. The van der Waals surface area contributed by atoms with E-state index in [1.165, 1.54) is 0 Å². The Morgan fingerprint density at radius 2 is 1.93 bits per heavy atom. The number of carboxylic acids is 1. The van der Waals surface area contributed by atoms with E-state index in [1.807, 2.05) is 0 Å². The first-order chi connectivity index (χ1) is 6.50. The first-order valence-corrected chi connectivity index (χ1v) is 4.80. The van der Waals surface area contributed by atoms with Gasteiger partial charge < -0.3 is 15.7 Å². The van der Waals surface area contributed by atoms with Crippen LogP contribution in [0.1, 0.15) is 26.7 Å². The van der Waals surface area contributed by atoms with Crippen LogP contribution in [0.15, 0.2) is 0 Å². The summed E-state index contributed by atoms with van der Waals surface area (Å²) in [5.41, 5.74) is 0. The van der Waals surface area contributed by atoms with Crippen LogP contribution in [0.4, 0.5) is 4.79 Å². The lowest BCUT2D eigenvalue weighted by molar-refractivity contribution is -0.140. The zero-order valence-electron chi connectivity index (χ0n) is 8.41. The molecular formula is C9H16N2O3. The summed E-state index contributed by atoms with van der Waals surface area (Å²) in [7, 11) is 0. The fourth-order valence-corrected chi connectivity index (χ4v) is 1.11. The standard InChI is InChI=1S/C9H16N2O3/c1-5(2)7(8(12)13)11-9(14)10-6-3-4-6/h5-7H,3-4H2,1-2H3,(H,12,13)(H2,10,11,14). The lowest BCUT2D eigenvalue weighted by Gasteiger charge is -2.17. The van der Waals surface area contributed by atoms with Gasteiger partial charge in [-0.25, -0.2) is 9.59 Å². The highest BCUT2D eigenvalue weighted by molar-refractivity contribution is 5.82. The highest BCUT2D eigenvalue weighted by Crippen LogP contribution is 2.18. The monoisotopic (exact) mass is 200 g/mol. The molecule has 0 aromatic heterocycles. The number of urea groups is 1. The second kappa shape index (κ2) is 4.30. The molecule has 0 spiro atoms. The van der Waals surface area contributed by atoms with Crippen molar-refractivity contribution in [3.8, 4) is 0 Å². The van der Waals surface area contributed by atoms with E-state index in [2.05, 4.69) is 10.6 Å². The minimum atomic E-state index is -0.994. The van der Waals surface area contributed by atoms with Crippen molar-refractivity contribution in [2.45, 2.75) is 38.8 Å². The van der Waals surface area contributed by atoms with E-state index in [-0.39, 0.29) is 18.0 Å². The summed E-state index contributed by atoms with van der Waals surface area (Å²) in [6.45, 7) is 3.52. The number of hydrogen-bond acceptors (Lipinski definition) is 2. The second-order valence-corrected chi connectivity index (χ2v) is 3.95. The molecule has 0 aliphatic heterocycles. The van der Waals surface area contributed by atoms with Crippen molar-refractivity contribution in [3.63, 3.8) is 0 Å². The van der Waals surface area contributed by atoms with E-state index >= 15 is 0 Å². The summed E-state index contributed by atoms with van der Waals surface area (Å²) in [6.07, 6.45) is 1.99. The van der Waals surface area contributed by atoms with Gasteiger partial charge in [-0.3, -0.25) is 0 Å². The van der Waals surface area contributed by atoms with Gasteiger partial charge in [-0.1, -0.05) is 13.8 Å². The average Bonchev–Trinajstić information content (AvgIpc) is 2.82. The first kappa shape index (κ1) is 10.8. The Morgan fingerprint density at radius 3 is 2.29 bits per heavy atom. The zero-order valence-corrected chi connectivity index (χ0v) is 8.41. The van der Waals surface area contributed by atoms with Gasteiger partial charge in [0.05, 0.1) is 0 Å². The summed E-state index contributed by atoms with van der Waals surface area (Å²) < 4.78 is 0. The highest BCUT2D eigenvalue weighted by atomic mass is 16.4. The third-order valence-corrected chi connectivity index (χ3v) is 2.13. The van der Waals surface area contributed by atoms with Gasteiger partial charge in [0.2, 0.25) is 0 Å². The molecule has 3 N–H and O–H groups in total. The Hall–Kier alpha value is -1.26. The molecule has 0 aromatic carbocycles. The van der Waals surface area contributed by atoms with Crippen LogP contribution in [0.2, 0.25) is 0 Å².